The second kappa shape index (κ2) is 5.95. The first-order valence-corrected chi connectivity index (χ1v) is 7.01. The van der Waals surface area contributed by atoms with Crippen LogP contribution >= 0.6 is 0 Å². The second-order valence-electron chi connectivity index (χ2n) is 4.33. The number of anilines is 1. The molecule has 0 aliphatic carbocycles. The van der Waals surface area contributed by atoms with Crippen LogP contribution in [-0.4, -0.2) is 19.9 Å². The van der Waals surface area contributed by atoms with Crippen molar-refractivity contribution < 1.29 is 13.3 Å². The minimum absolute atomic E-state index is 0.0961. The monoisotopic (exact) mass is 288 g/mol. The number of nitro groups is 1. The molecule has 0 fully saturated rings. The van der Waals surface area contributed by atoms with Crippen LogP contribution in [0.4, 0.5) is 11.4 Å². The van der Waals surface area contributed by atoms with Crippen molar-refractivity contribution in [3.05, 3.63) is 28.3 Å². The van der Waals surface area contributed by atoms with Gasteiger partial charge in [0.05, 0.1) is 10.6 Å². The molecule has 8 nitrogen and oxygen atoms in total. The van der Waals surface area contributed by atoms with E-state index in [-0.39, 0.29) is 23.0 Å². The molecule has 1 aromatic carbocycles. The predicted octanol–water partition coefficient (Wildman–Crippen LogP) is 0.815. The zero-order chi connectivity index (χ0) is 14.6. The number of nitrogens with one attached hydrogen (secondary N) is 2. The summed E-state index contributed by atoms with van der Waals surface area (Å²) in [5.41, 5.74) is 1.97. The molecular formula is C10H16N4O4S. The molecule has 1 rings (SSSR count). The Balaban J connectivity index is 3.22. The highest BCUT2D eigenvalue weighted by Crippen LogP contribution is 2.26. The van der Waals surface area contributed by atoms with Gasteiger partial charge in [0, 0.05) is 12.6 Å². The van der Waals surface area contributed by atoms with Gasteiger partial charge in [-0.1, -0.05) is 13.8 Å². The molecule has 0 saturated carbocycles. The van der Waals surface area contributed by atoms with Gasteiger partial charge in [0.15, 0.2) is 4.90 Å². The number of nitrogen functional groups attached to an aromatic ring is 1. The van der Waals surface area contributed by atoms with E-state index >= 15 is 0 Å². The fraction of sp³-hybridized carbons (Fsp3) is 0.400. The fourth-order valence-corrected chi connectivity index (χ4v) is 2.70. The highest BCUT2D eigenvalue weighted by molar-refractivity contribution is 7.89. The van der Waals surface area contributed by atoms with Crippen molar-refractivity contribution in [2.45, 2.75) is 18.7 Å². The molecule has 0 unspecified atom stereocenters. The van der Waals surface area contributed by atoms with Crippen LogP contribution in [0.5, 0.6) is 0 Å². The summed E-state index contributed by atoms with van der Waals surface area (Å²) < 4.78 is 26.3. The maximum Gasteiger partial charge on any atom is 0.291 e. The average molecular weight is 288 g/mol. The lowest BCUT2D eigenvalue weighted by Crippen LogP contribution is -2.28. The first kappa shape index (κ1) is 15.3. The Bertz CT molecular complexity index is 571. The summed E-state index contributed by atoms with van der Waals surface area (Å²) in [6.45, 7) is 3.87. The fourth-order valence-electron chi connectivity index (χ4n) is 1.33. The molecule has 106 valence electrons. The third-order valence-electron chi connectivity index (χ3n) is 2.29. The van der Waals surface area contributed by atoms with Gasteiger partial charge in [0.25, 0.3) is 5.69 Å². The van der Waals surface area contributed by atoms with E-state index in [4.69, 9.17) is 5.84 Å². The van der Waals surface area contributed by atoms with Crippen LogP contribution in [0.3, 0.4) is 0 Å². The van der Waals surface area contributed by atoms with Gasteiger partial charge in [0.2, 0.25) is 10.0 Å². The number of nitro benzene ring substituents is 1. The molecule has 19 heavy (non-hydrogen) atoms. The molecule has 0 amide bonds. The summed E-state index contributed by atoms with van der Waals surface area (Å²) in [6.07, 6.45) is 0. The lowest BCUT2D eigenvalue weighted by atomic mass is 10.2. The van der Waals surface area contributed by atoms with E-state index in [2.05, 4.69) is 10.1 Å². The van der Waals surface area contributed by atoms with E-state index < -0.39 is 20.6 Å². The number of hydrazine groups is 1. The summed E-state index contributed by atoms with van der Waals surface area (Å²) in [6, 6.07) is 3.58. The smallest absolute Gasteiger partial charge is 0.291 e. The Morgan fingerprint density at radius 2 is 2.05 bits per heavy atom. The number of nitrogens with zero attached hydrogens (tertiary/aromatic N) is 1. The molecule has 0 radical (unpaired) electrons. The first-order valence-electron chi connectivity index (χ1n) is 5.52. The molecule has 0 saturated heterocycles. The Labute approximate surface area is 111 Å². The van der Waals surface area contributed by atoms with Crippen LogP contribution in [0.25, 0.3) is 0 Å². The van der Waals surface area contributed by atoms with Crippen LogP contribution in [0.2, 0.25) is 0 Å². The number of rotatable bonds is 6. The van der Waals surface area contributed by atoms with Crippen molar-refractivity contribution in [3.63, 3.8) is 0 Å². The Kier molecular flexibility index (Phi) is 4.81. The molecule has 4 N–H and O–H groups in total. The van der Waals surface area contributed by atoms with Crippen molar-refractivity contribution in [1.82, 2.24) is 4.72 Å². The predicted molar refractivity (Wildman–Crippen MR) is 70.9 cm³/mol. The Morgan fingerprint density at radius 3 is 2.53 bits per heavy atom. The molecule has 0 spiro atoms. The van der Waals surface area contributed by atoms with Crippen LogP contribution < -0.4 is 16.0 Å². The van der Waals surface area contributed by atoms with Gasteiger partial charge < -0.3 is 5.43 Å². The van der Waals surface area contributed by atoms with Crippen LogP contribution in [-0.2, 0) is 10.0 Å². The zero-order valence-electron chi connectivity index (χ0n) is 10.6. The zero-order valence-corrected chi connectivity index (χ0v) is 11.4. The molecule has 0 aliphatic heterocycles. The van der Waals surface area contributed by atoms with E-state index in [1.54, 1.807) is 0 Å². The topological polar surface area (TPSA) is 127 Å². The normalized spacial score (nSPS) is 11.6. The highest BCUT2D eigenvalue weighted by atomic mass is 32.2. The number of hydrogen-bond acceptors (Lipinski definition) is 6. The summed E-state index contributed by atoms with van der Waals surface area (Å²) in [5, 5.41) is 10.9. The summed E-state index contributed by atoms with van der Waals surface area (Å²) in [4.78, 5) is 9.78. The first-order chi connectivity index (χ1) is 8.77. The van der Waals surface area contributed by atoms with E-state index in [0.29, 0.717) is 0 Å². The molecular weight excluding hydrogens is 272 g/mol. The van der Waals surface area contributed by atoms with Crippen LogP contribution in [0, 0.1) is 16.0 Å². The lowest BCUT2D eigenvalue weighted by molar-refractivity contribution is -0.387. The van der Waals surface area contributed by atoms with Crippen molar-refractivity contribution in [2.24, 2.45) is 11.8 Å². The largest absolute Gasteiger partial charge is 0.324 e. The second-order valence-corrected chi connectivity index (χ2v) is 6.07. The SMILES string of the molecule is CC(C)CNS(=O)(=O)c1ccc(NN)cc1[N+](=O)[O-]. The Morgan fingerprint density at radius 1 is 1.42 bits per heavy atom. The number of hydrogen-bond donors (Lipinski definition) is 3. The standard InChI is InChI=1S/C10H16N4O4S/c1-7(2)6-12-19(17,18)10-4-3-8(13-11)5-9(10)14(15)16/h3-5,7,12-13H,6,11H2,1-2H3. The van der Waals surface area contributed by atoms with Gasteiger partial charge >= 0.3 is 0 Å². The molecule has 9 heteroatoms. The maximum absolute atomic E-state index is 12.0. The Hall–Kier alpha value is -1.71. The molecule has 1 aromatic rings. The van der Waals surface area contributed by atoms with Gasteiger partial charge in [-0.2, -0.15) is 0 Å². The molecule has 0 bridgehead atoms. The van der Waals surface area contributed by atoms with Crippen molar-refractivity contribution in [1.29, 1.82) is 0 Å². The lowest BCUT2D eigenvalue weighted by Gasteiger charge is -2.10. The molecule has 0 heterocycles. The maximum atomic E-state index is 12.0. The van der Waals surface area contributed by atoms with Crippen molar-refractivity contribution in [3.8, 4) is 0 Å². The highest BCUT2D eigenvalue weighted by Gasteiger charge is 2.25. The van der Waals surface area contributed by atoms with Crippen LogP contribution in [0.1, 0.15) is 13.8 Å². The quantitative estimate of drug-likeness (QED) is 0.404. The van der Waals surface area contributed by atoms with Gasteiger partial charge in [-0.15, -0.1) is 0 Å². The molecule has 0 atom stereocenters. The molecule has 0 aliphatic rings. The van der Waals surface area contributed by atoms with Crippen LogP contribution in [0.15, 0.2) is 23.1 Å². The minimum Gasteiger partial charge on any atom is -0.324 e. The third kappa shape index (κ3) is 3.88. The summed E-state index contributed by atoms with van der Waals surface area (Å²) in [5.74, 6) is 5.23. The van der Waals surface area contributed by atoms with E-state index in [0.717, 1.165) is 12.1 Å². The third-order valence-corrected chi connectivity index (χ3v) is 3.76. The van der Waals surface area contributed by atoms with Crippen molar-refractivity contribution >= 4 is 21.4 Å². The van der Waals surface area contributed by atoms with E-state index in [9.17, 15) is 18.5 Å². The van der Waals surface area contributed by atoms with Crippen molar-refractivity contribution in [2.75, 3.05) is 12.0 Å². The average Bonchev–Trinajstić information content (AvgIpc) is 2.35. The minimum atomic E-state index is -3.92. The number of nitrogens with two attached hydrogens (primary N) is 1. The van der Waals surface area contributed by atoms with Gasteiger partial charge in [0.1, 0.15) is 0 Å². The van der Waals surface area contributed by atoms with Gasteiger partial charge in [-0.3, -0.25) is 16.0 Å². The number of sulfonamides is 1. The summed E-state index contributed by atoms with van der Waals surface area (Å²) in [7, 11) is -3.92. The summed E-state index contributed by atoms with van der Waals surface area (Å²) >= 11 is 0. The molecule has 0 aromatic heterocycles. The number of benzene rings is 1. The van der Waals surface area contributed by atoms with E-state index in [1.807, 2.05) is 13.8 Å². The van der Waals surface area contributed by atoms with Gasteiger partial charge in [-0.05, 0) is 18.1 Å². The van der Waals surface area contributed by atoms with E-state index in [1.165, 1.54) is 6.07 Å². The van der Waals surface area contributed by atoms with Gasteiger partial charge in [-0.25, -0.2) is 13.1 Å².